The molecule has 4 nitrogen and oxygen atoms in total. The number of hydrogen-bond donors (Lipinski definition) is 1. The van der Waals surface area contributed by atoms with E-state index in [2.05, 4.69) is 12.1 Å². The molecule has 3 aromatic rings. The number of benzene rings is 3. The Balaban J connectivity index is 2.00. The normalized spacial score (nSPS) is 13.2. The highest BCUT2D eigenvalue weighted by atomic mass is 16.5. The zero-order valence-electron chi connectivity index (χ0n) is 12.2. The third-order valence-corrected chi connectivity index (χ3v) is 3.92. The molecule has 0 radical (unpaired) electrons. The van der Waals surface area contributed by atoms with Crippen molar-refractivity contribution in [2.45, 2.75) is 0 Å². The van der Waals surface area contributed by atoms with E-state index in [0.29, 0.717) is 5.84 Å². The Kier molecular flexibility index (Phi) is 2.84. The van der Waals surface area contributed by atoms with Gasteiger partial charge in [0.15, 0.2) is 5.84 Å². The van der Waals surface area contributed by atoms with Crippen LogP contribution in [0.4, 0.5) is 11.4 Å². The van der Waals surface area contributed by atoms with Gasteiger partial charge in [-0.1, -0.05) is 36.4 Å². The fraction of sp³-hybridized carbons (Fsp3) is 0.0556. The van der Waals surface area contributed by atoms with Gasteiger partial charge >= 0.3 is 0 Å². The Morgan fingerprint density at radius 2 is 1.73 bits per heavy atom. The second-order valence-corrected chi connectivity index (χ2v) is 5.16. The minimum atomic E-state index is 0.684. The second-order valence-electron chi connectivity index (χ2n) is 5.16. The number of anilines is 1. The Morgan fingerprint density at radius 3 is 2.55 bits per heavy atom. The summed E-state index contributed by atoms with van der Waals surface area (Å²) in [4.78, 5) is 4.76. The molecule has 1 aliphatic heterocycles. The van der Waals surface area contributed by atoms with Crippen molar-refractivity contribution in [1.29, 1.82) is 0 Å². The van der Waals surface area contributed by atoms with E-state index in [-0.39, 0.29) is 0 Å². The average molecular weight is 289 g/mol. The van der Waals surface area contributed by atoms with Gasteiger partial charge in [-0.25, -0.2) is 10.8 Å². The van der Waals surface area contributed by atoms with Gasteiger partial charge in [0.25, 0.3) is 0 Å². The van der Waals surface area contributed by atoms with E-state index in [1.165, 1.54) is 0 Å². The van der Waals surface area contributed by atoms with Crippen LogP contribution in [-0.4, -0.2) is 12.9 Å². The van der Waals surface area contributed by atoms with Crippen LogP contribution in [0.3, 0.4) is 0 Å². The quantitative estimate of drug-likeness (QED) is 0.733. The lowest BCUT2D eigenvalue weighted by Gasteiger charge is -2.27. The molecular formula is C18H15N3O. The third kappa shape index (κ3) is 1.78. The number of nitrogens with zero attached hydrogens (tertiary/aromatic N) is 2. The molecule has 0 fully saturated rings. The van der Waals surface area contributed by atoms with Gasteiger partial charge in [0.1, 0.15) is 5.75 Å². The molecule has 108 valence electrons. The number of para-hydroxylation sites is 1. The molecule has 1 heterocycles. The predicted molar refractivity (Wildman–Crippen MR) is 89.8 cm³/mol. The SMILES string of the molecule is COc1ccccc1C1=Nc2cccc3cccc(c23)N1N. The summed E-state index contributed by atoms with van der Waals surface area (Å²) in [6.45, 7) is 0. The summed E-state index contributed by atoms with van der Waals surface area (Å²) in [5.74, 6) is 7.79. The first-order chi connectivity index (χ1) is 10.8. The van der Waals surface area contributed by atoms with Gasteiger partial charge in [0.05, 0.1) is 24.0 Å². The summed E-state index contributed by atoms with van der Waals surface area (Å²) < 4.78 is 5.44. The van der Waals surface area contributed by atoms with Crippen molar-refractivity contribution in [2.75, 3.05) is 12.1 Å². The number of aliphatic imine (C=N–C) groups is 1. The van der Waals surface area contributed by atoms with Gasteiger partial charge in [-0.3, -0.25) is 5.01 Å². The van der Waals surface area contributed by atoms with Crippen LogP contribution in [0.1, 0.15) is 5.56 Å². The molecule has 3 aromatic carbocycles. The maximum absolute atomic E-state index is 6.35. The zero-order chi connectivity index (χ0) is 15.1. The summed E-state index contributed by atoms with van der Waals surface area (Å²) in [6.07, 6.45) is 0. The summed E-state index contributed by atoms with van der Waals surface area (Å²) in [7, 11) is 1.65. The van der Waals surface area contributed by atoms with Crippen LogP contribution in [0.2, 0.25) is 0 Å². The highest BCUT2D eigenvalue weighted by Gasteiger charge is 2.23. The smallest absolute Gasteiger partial charge is 0.159 e. The largest absolute Gasteiger partial charge is 0.496 e. The Hall–Kier alpha value is -2.85. The molecule has 0 saturated carbocycles. The maximum atomic E-state index is 6.35. The molecular weight excluding hydrogens is 274 g/mol. The van der Waals surface area contributed by atoms with Crippen molar-refractivity contribution in [1.82, 2.24) is 0 Å². The van der Waals surface area contributed by atoms with Crippen LogP contribution >= 0.6 is 0 Å². The molecule has 4 rings (SSSR count). The van der Waals surface area contributed by atoms with Gasteiger partial charge in [-0.15, -0.1) is 0 Å². The number of hydrazine groups is 1. The third-order valence-electron chi connectivity index (χ3n) is 3.92. The molecule has 0 amide bonds. The molecule has 0 unspecified atom stereocenters. The topological polar surface area (TPSA) is 50.8 Å². The number of nitrogens with two attached hydrogens (primary N) is 1. The van der Waals surface area contributed by atoms with Gasteiger partial charge in [-0.05, 0) is 29.7 Å². The molecule has 2 N–H and O–H groups in total. The van der Waals surface area contributed by atoms with Crippen LogP contribution in [-0.2, 0) is 0 Å². The first-order valence-corrected chi connectivity index (χ1v) is 7.08. The van der Waals surface area contributed by atoms with Crippen LogP contribution in [0, 0.1) is 0 Å². The van der Waals surface area contributed by atoms with E-state index >= 15 is 0 Å². The zero-order valence-corrected chi connectivity index (χ0v) is 12.2. The molecule has 0 aliphatic carbocycles. The van der Waals surface area contributed by atoms with Gasteiger partial charge in [0.2, 0.25) is 0 Å². The fourth-order valence-corrected chi connectivity index (χ4v) is 2.90. The standard InChI is InChI=1S/C18H15N3O/c1-22-16-11-3-2-8-13(16)18-20-14-9-4-6-12-7-5-10-15(17(12)14)21(18)19/h2-11H,19H2,1H3. The Labute approximate surface area is 128 Å². The highest BCUT2D eigenvalue weighted by Crippen LogP contribution is 2.39. The molecule has 0 atom stereocenters. The van der Waals surface area contributed by atoms with E-state index in [1.807, 2.05) is 48.5 Å². The molecule has 4 heteroatoms. The van der Waals surface area contributed by atoms with Crippen LogP contribution in [0.5, 0.6) is 5.75 Å². The van der Waals surface area contributed by atoms with Gasteiger partial charge in [-0.2, -0.15) is 0 Å². The monoisotopic (exact) mass is 289 g/mol. The average Bonchev–Trinajstić information content (AvgIpc) is 2.58. The summed E-state index contributed by atoms with van der Waals surface area (Å²) >= 11 is 0. The number of rotatable bonds is 2. The van der Waals surface area contributed by atoms with E-state index in [1.54, 1.807) is 12.1 Å². The lowest BCUT2D eigenvalue weighted by Crippen LogP contribution is -2.39. The summed E-state index contributed by atoms with van der Waals surface area (Å²) in [6, 6.07) is 19.9. The van der Waals surface area contributed by atoms with E-state index in [9.17, 15) is 0 Å². The lowest BCUT2D eigenvalue weighted by molar-refractivity contribution is 0.414. The van der Waals surface area contributed by atoms with E-state index in [0.717, 1.165) is 33.5 Å². The Morgan fingerprint density at radius 1 is 0.955 bits per heavy atom. The van der Waals surface area contributed by atoms with Gasteiger partial charge < -0.3 is 4.74 Å². The Bertz CT molecular complexity index is 896. The van der Waals surface area contributed by atoms with Crippen LogP contribution in [0.25, 0.3) is 10.8 Å². The molecule has 0 saturated heterocycles. The molecule has 0 bridgehead atoms. The molecule has 1 aliphatic rings. The minimum absolute atomic E-state index is 0.684. The van der Waals surface area contributed by atoms with E-state index in [4.69, 9.17) is 15.6 Å². The molecule has 22 heavy (non-hydrogen) atoms. The minimum Gasteiger partial charge on any atom is -0.496 e. The van der Waals surface area contributed by atoms with Gasteiger partial charge in [0, 0.05) is 5.39 Å². The van der Waals surface area contributed by atoms with Crippen molar-refractivity contribution in [3.8, 4) is 5.75 Å². The number of ether oxygens (including phenoxy) is 1. The summed E-state index contributed by atoms with van der Waals surface area (Å²) in [5, 5.41) is 3.84. The predicted octanol–water partition coefficient (Wildman–Crippen LogP) is 3.62. The van der Waals surface area contributed by atoms with Crippen molar-refractivity contribution >= 4 is 28.0 Å². The first-order valence-electron chi connectivity index (χ1n) is 7.08. The van der Waals surface area contributed by atoms with Crippen molar-refractivity contribution in [2.24, 2.45) is 10.8 Å². The molecule has 0 aromatic heterocycles. The van der Waals surface area contributed by atoms with E-state index < -0.39 is 0 Å². The first kappa shape index (κ1) is 12.9. The fourth-order valence-electron chi connectivity index (χ4n) is 2.90. The van der Waals surface area contributed by atoms with Crippen molar-refractivity contribution in [3.05, 3.63) is 66.2 Å². The highest BCUT2D eigenvalue weighted by molar-refractivity contribution is 6.20. The molecule has 0 spiro atoms. The summed E-state index contributed by atoms with van der Waals surface area (Å²) in [5.41, 5.74) is 2.75. The number of amidine groups is 1. The van der Waals surface area contributed by atoms with Crippen LogP contribution < -0.4 is 15.6 Å². The lowest BCUT2D eigenvalue weighted by atomic mass is 10.0. The van der Waals surface area contributed by atoms with Crippen molar-refractivity contribution in [3.63, 3.8) is 0 Å². The van der Waals surface area contributed by atoms with Crippen molar-refractivity contribution < 1.29 is 4.74 Å². The number of hydrogen-bond acceptors (Lipinski definition) is 4. The second kappa shape index (κ2) is 4.86. The number of methoxy groups -OCH3 is 1. The maximum Gasteiger partial charge on any atom is 0.159 e. The van der Waals surface area contributed by atoms with Crippen LogP contribution in [0.15, 0.2) is 65.7 Å².